The fourth-order valence-electron chi connectivity index (χ4n) is 3.44. The summed E-state index contributed by atoms with van der Waals surface area (Å²) in [5.74, 6) is -0.144. The van der Waals surface area contributed by atoms with Crippen LogP contribution >= 0.6 is 24.0 Å². The van der Waals surface area contributed by atoms with Crippen molar-refractivity contribution in [2.45, 2.75) is 13.5 Å². The number of hydrogen-bond donors (Lipinski definition) is 2. The van der Waals surface area contributed by atoms with Crippen LogP contribution in [0, 0.1) is 6.92 Å². The molecule has 2 N–H and O–H groups in total. The van der Waals surface area contributed by atoms with E-state index in [1.807, 2.05) is 43.3 Å². The van der Waals surface area contributed by atoms with Gasteiger partial charge in [-0.25, -0.2) is 0 Å². The number of aromatic nitrogens is 2. The van der Waals surface area contributed by atoms with E-state index in [0.717, 1.165) is 27.8 Å². The third-order valence-electron chi connectivity index (χ3n) is 4.88. The lowest BCUT2D eigenvalue weighted by Crippen LogP contribution is -2.21. The maximum Gasteiger partial charge on any atom is 0.317 e. The molecule has 1 heterocycles. The van der Waals surface area contributed by atoms with Crippen LogP contribution in [-0.2, 0) is 11.3 Å². The summed E-state index contributed by atoms with van der Waals surface area (Å²) in [6.07, 6.45) is 0. The van der Waals surface area contributed by atoms with Gasteiger partial charge < -0.3 is 14.8 Å². The van der Waals surface area contributed by atoms with Gasteiger partial charge in [0, 0.05) is 22.7 Å². The van der Waals surface area contributed by atoms with Gasteiger partial charge in [-0.05, 0) is 53.4 Å². The Bertz CT molecular complexity index is 1230. The van der Waals surface area contributed by atoms with Crippen LogP contribution in [0.5, 0.6) is 0 Å². The number of carboxylic acids is 1. The summed E-state index contributed by atoms with van der Waals surface area (Å²) in [5, 5.41) is 20.6. The highest BCUT2D eigenvalue weighted by Gasteiger charge is 2.15. The van der Waals surface area contributed by atoms with E-state index in [9.17, 15) is 4.79 Å². The van der Waals surface area contributed by atoms with Crippen molar-refractivity contribution < 1.29 is 14.3 Å². The monoisotopic (exact) mass is 469 g/mol. The zero-order valence-electron chi connectivity index (χ0n) is 17.2. The van der Waals surface area contributed by atoms with Crippen LogP contribution in [0.3, 0.4) is 0 Å². The first-order chi connectivity index (χ1) is 15.0. The summed E-state index contributed by atoms with van der Waals surface area (Å²) in [6.45, 7) is 2.26. The summed E-state index contributed by atoms with van der Waals surface area (Å²) < 4.78 is 5.98. The Kier molecular flexibility index (Phi) is 7.64. The number of nitrogens with zero attached hydrogens (tertiary/aromatic N) is 2. The Morgan fingerprint density at radius 1 is 0.969 bits per heavy atom. The lowest BCUT2D eigenvalue weighted by molar-refractivity contribution is -0.135. The van der Waals surface area contributed by atoms with Crippen molar-refractivity contribution in [3.63, 3.8) is 0 Å². The SMILES string of the molecule is Cc1c(-c2ccccc2)cccc1-c1nnc(-c2cc(Cl)cc(CNCC(=O)O)c2)o1.Cl. The van der Waals surface area contributed by atoms with E-state index >= 15 is 0 Å². The predicted molar refractivity (Wildman–Crippen MR) is 127 cm³/mol. The first-order valence-electron chi connectivity index (χ1n) is 9.72. The topological polar surface area (TPSA) is 88.2 Å². The molecule has 3 aromatic carbocycles. The number of carbonyl (C=O) groups is 1. The first-order valence-corrected chi connectivity index (χ1v) is 10.1. The number of benzene rings is 3. The zero-order chi connectivity index (χ0) is 21.8. The van der Waals surface area contributed by atoms with Crippen molar-refractivity contribution in [3.05, 3.63) is 82.9 Å². The van der Waals surface area contributed by atoms with Crippen LogP contribution in [0.25, 0.3) is 34.0 Å². The largest absolute Gasteiger partial charge is 0.480 e. The quantitative estimate of drug-likeness (QED) is 0.364. The highest BCUT2D eigenvalue weighted by atomic mass is 35.5. The summed E-state index contributed by atoms with van der Waals surface area (Å²) in [5.41, 5.74) is 5.64. The smallest absolute Gasteiger partial charge is 0.317 e. The minimum absolute atomic E-state index is 0. The van der Waals surface area contributed by atoms with Crippen LogP contribution < -0.4 is 5.32 Å². The second-order valence-electron chi connectivity index (χ2n) is 7.10. The molecular weight excluding hydrogens is 449 g/mol. The second kappa shape index (κ2) is 10.4. The van der Waals surface area contributed by atoms with Crippen LogP contribution in [0.15, 0.2) is 71.1 Å². The van der Waals surface area contributed by atoms with Crippen molar-refractivity contribution in [3.8, 4) is 34.0 Å². The predicted octanol–water partition coefficient (Wildman–Crippen LogP) is 5.63. The van der Waals surface area contributed by atoms with Gasteiger partial charge in [0.15, 0.2) is 0 Å². The van der Waals surface area contributed by atoms with E-state index < -0.39 is 5.97 Å². The van der Waals surface area contributed by atoms with Gasteiger partial charge >= 0.3 is 5.97 Å². The van der Waals surface area contributed by atoms with Crippen molar-refractivity contribution in [2.75, 3.05) is 6.54 Å². The lowest BCUT2D eigenvalue weighted by Gasteiger charge is -2.09. The van der Waals surface area contributed by atoms with Crippen molar-refractivity contribution >= 4 is 30.0 Å². The van der Waals surface area contributed by atoms with Gasteiger partial charge in [0.2, 0.25) is 11.8 Å². The van der Waals surface area contributed by atoms with Gasteiger partial charge in [-0.3, -0.25) is 4.79 Å². The molecule has 0 spiro atoms. The average Bonchev–Trinajstić information content (AvgIpc) is 3.24. The molecule has 0 unspecified atom stereocenters. The van der Waals surface area contributed by atoms with Crippen molar-refractivity contribution in [2.24, 2.45) is 0 Å². The first kappa shape index (κ1) is 23.5. The Hall–Kier alpha value is -3.19. The Labute approximate surface area is 196 Å². The van der Waals surface area contributed by atoms with Crippen LogP contribution in [0.4, 0.5) is 0 Å². The molecule has 8 heteroatoms. The maximum absolute atomic E-state index is 10.7. The molecule has 4 aromatic rings. The number of hydrogen-bond acceptors (Lipinski definition) is 5. The Morgan fingerprint density at radius 2 is 1.69 bits per heavy atom. The summed E-state index contributed by atoms with van der Waals surface area (Å²) in [6, 6.07) is 21.5. The normalized spacial score (nSPS) is 10.6. The molecule has 0 bridgehead atoms. The fraction of sp³-hybridized carbons (Fsp3) is 0.125. The van der Waals surface area contributed by atoms with E-state index in [-0.39, 0.29) is 19.0 Å². The molecule has 0 saturated heterocycles. The molecule has 1 aromatic heterocycles. The van der Waals surface area contributed by atoms with Crippen LogP contribution in [0.1, 0.15) is 11.1 Å². The lowest BCUT2D eigenvalue weighted by atomic mass is 9.96. The molecule has 0 saturated carbocycles. The minimum Gasteiger partial charge on any atom is -0.480 e. The van der Waals surface area contributed by atoms with Gasteiger partial charge in [-0.2, -0.15) is 0 Å². The number of nitrogens with one attached hydrogen (secondary N) is 1. The molecule has 0 amide bonds. The van der Waals surface area contributed by atoms with Crippen LogP contribution in [0.2, 0.25) is 5.02 Å². The molecule has 0 atom stereocenters. The highest BCUT2D eigenvalue weighted by molar-refractivity contribution is 6.30. The van der Waals surface area contributed by atoms with Gasteiger partial charge in [-0.15, -0.1) is 22.6 Å². The molecule has 4 rings (SSSR count). The molecule has 0 radical (unpaired) electrons. The third kappa shape index (κ3) is 5.34. The molecule has 6 nitrogen and oxygen atoms in total. The Morgan fingerprint density at radius 3 is 2.44 bits per heavy atom. The van der Waals surface area contributed by atoms with Crippen molar-refractivity contribution in [1.82, 2.24) is 15.5 Å². The van der Waals surface area contributed by atoms with Gasteiger partial charge in [0.1, 0.15) is 0 Å². The summed E-state index contributed by atoms with van der Waals surface area (Å²) in [4.78, 5) is 10.7. The van der Waals surface area contributed by atoms with Crippen molar-refractivity contribution in [1.29, 1.82) is 0 Å². The summed E-state index contributed by atoms with van der Waals surface area (Å²) in [7, 11) is 0. The zero-order valence-corrected chi connectivity index (χ0v) is 18.8. The average molecular weight is 470 g/mol. The van der Waals surface area contributed by atoms with Gasteiger partial charge in [-0.1, -0.05) is 54.1 Å². The standard InChI is InChI=1S/C24H20ClN3O3.ClH/c1-15-20(17-6-3-2-4-7-17)8-5-9-21(15)24-28-27-23(31-24)18-10-16(11-19(25)12-18)13-26-14-22(29)30;/h2-12,26H,13-14H2,1H3,(H,29,30);1H. The van der Waals surface area contributed by atoms with E-state index in [1.165, 1.54) is 0 Å². The van der Waals surface area contributed by atoms with Gasteiger partial charge in [0.05, 0.1) is 6.54 Å². The van der Waals surface area contributed by atoms with Crippen LogP contribution in [-0.4, -0.2) is 27.8 Å². The maximum atomic E-state index is 10.7. The molecule has 0 fully saturated rings. The van der Waals surface area contributed by atoms with Gasteiger partial charge in [0.25, 0.3) is 0 Å². The minimum atomic E-state index is -0.920. The molecule has 0 aliphatic heterocycles. The molecule has 0 aliphatic carbocycles. The van der Waals surface area contributed by atoms with E-state index in [0.29, 0.717) is 28.9 Å². The van der Waals surface area contributed by atoms with E-state index in [4.69, 9.17) is 21.1 Å². The number of aliphatic carboxylic acids is 1. The van der Waals surface area contributed by atoms with E-state index in [1.54, 1.807) is 12.1 Å². The fourth-order valence-corrected chi connectivity index (χ4v) is 3.69. The molecule has 32 heavy (non-hydrogen) atoms. The Balaban J connectivity index is 0.00000289. The summed E-state index contributed by atoms with van der Waals surface area (Å²) >= 11 is 6.25. The molecular formula is C24H21Cl2N3O3. The number of halogens is 2. The molecule has 0 aliphatic rings. The number of carboxylic acid groups (broad SMARTS) is 1. The second-order valence-corrected chi connectivity index (χ2v) is 7.54. The third-order valence-corrected chi connectivity index (χ3v) is 5.10. The number of rotatable bonds is 7. The highest BCUT2D eigenvalue weighted by Crippen LogP contribution is 2.33. The van der Waals surface area contributed by atoms with E-state index in [2.05, 4.69) is 33.7 Å². The molecule has 164 valence electrons.